The van der Waals surface area contributed by atoms with E-state index in [9.17, 15) is 0 Å². The van der Waals surface area contributed by atoms with Gasteiger partial charge in [-0.3, -0.25) is 10.9 Å². The normalized spacial score (nSPS) is 27.2. The van der Waals surface area contributed by atoms with Crippen molar-refractivity contribution in [3.63, 3.8) is 0 Å². The highest BCUT2D eigenvalue weighted by molar-refractivity contribution is 5.77. The van der Waals surface area contributed by atoms with E-state index < -0.39 is 0 Å². The van der Waals surface area contributed by atoms with Gasteiger partial charge in [-0.2, -0.15) is 0 Å². The summed E-state index contributed by atoms with van der Waals surface area (Å²) in [7, 11) is 0. The predicted molar refractivity (Wildman–Crippen MR) is 46.8 cm³/mol. The smallest absolute Gasteiger partial charge is 0.225 e. The van der Waals surface area contributed by atoms with Gasteiger partial charge >= 0.3 is 0 Å². The van der Waals surface area contributed by atoms with Crippen LogP contribution in [0.4, 0.5) is 0 Å². The first-order chi connectivity index (χ1) is 5.81. The molecule has 1 aliphatic heterocycles. The van der Waals surface area contributed by atoms with E-state index in [0.29, 0.717) is 5.96 Å². The van der Waals surface area contributed by atoms with Gasteiger partial charge in [0.2, 0.25) is 5.96 Å². The molecule has 2 aliphatic rings. The van der Waals surface area contributed by atoms with Crippen molar-refractivity contribution in [2.45, 2.75) is 37.8 Å². The zero-order valence-electron chi connectivity index (χ0n) is 7.06. The molecule has 12 heavy (non-hydrogen) atoms. The summed E-state index contributed by atoms with van der Waals surface area (Å²) in [6.45, 7) is 0. The lowest BCUT2D eigenvalue weighted by Gasteiger charge is -2.40. The molecule has 1 aliphatic carbocycles. The Morgan fingerprint density at radius 1 is 1.25 bits per heavy atom. The van der Waals surface area contributed by atoms with E-state index in [1.165, 1.54) is 19.3 Å². The Morgan fingerprint density at radius 3 is 2.58 bits per heavy atom. The Morgan fingerprint density at radius 2 is 2.00 bits per heavy atom. The van der Waals surface area contributed by atoms with Crippen LogP contribution in [0.1, 0.15) is 32.1 Å². The first-order valence-electron chi connectivity index (χ1n) is 4.44. The van der Waals surface area contributed by atoms with Crippen LogP contribution in [-0.2, 0) is 0 Å². The van der Waals surface area contributed by atoms with E-state index in [1.54, 1.807) is 0 Å². The predicted octanol–water partition coefficient (Wildman–Crippen LogP) is -0.426. The van der Waals surface area contributed by atoms with E-state index >= 15 is 0 Å². The van der Waals surface area contributed by atoms with Gasteiger partial charge in [-0.1, -0.05) is 6.42 Å². The molecule has 5 heteroatoms. The van der Waals surface area contributed by atoms with E-state index in [4.69, 9.17) is 5.73 Å². The SMILES string of the molecule is NC1=NNC2(CCCCC2)NN1. The van der Waals surface area contributed by atoms with Gasteiger partial charge in [-0.25, -0.2) is 5.43 Å². The molecule has 68 valence electrons. The lowest BCUT2D eigenvalue weighted by atomic mass is 9.90. The zero-order chi connectivity index (χ0) is 8.44. The number of nitrogens with one attached hydrogen (secondary N) is 3. The van der Waals surface area contributed by atoms with Gasteiger partial charge in [-0.15, -0.1) is 5.10 Å². The van der Waals surface area contributed by atoms with E-state index in [2.05, 4.69) is 21.4 Å². The molecule has 0 bridgehead atoms. The van der Waals surface area contributed by atoms with Crippen molar-refractivity contribution in [1.82, 2.24) is 16.3 Å². The second-order valence-electron chi connectivity index (χ2n) is 3.50. The van der Waals surface area contributed by atoms with Gasteiger partial charge in [0.15, 0.2) is 0 Å². The number of hydrogen-bond donors (Lipinski definition) is 4. The van der Waals surface area contributed by atoms with Crippen LogP contribution in [0, 0.1) is 0 Å². The Balaban J connectivity index is 2.02. The van der Waals surface area contributed by atoms with Crippen molar-refractivity contribution in [3.05, 3.63) is 0 Å². The molecule has 0 radical (unpaired) electrons. The standard InChI is InChI=1S/C7H15N5/c8-6-9-11-7(12-10-6)4-2-1-3-5-7/h11-12H,1-5H2,(H3,8,9,10). The average molecular weight is 169 g/mol. The van der Waals surface area contributed by atoms with Crippen LogP contribution in [0.3, 0.4) is 0 Å². The number of hydrazone groups is 1. The molecule has 5 nitrogen and oxygen atoms in total. The summed E-state index contributed by atoms with van der Waals surface area (Å²) in [5.74, 6) is 0.409. The van der Waals surface area contributed by atoms with Crippen LogP contribution in [0.2, 0.25) is 0 Å². The monoisotopic (exact) mass is 169 g/mol. The molecular weight excluding hydrogens is 154 g/mol. The highest BCUT2D eigenvalue weighted by Gasteiger charge is 2.33. The highest BCUT2D eigenvalue weighted by atomic mass is 15.6. The molecule has 0 saturated heterocycles. The van der Waals surface area contributed by atoms with Gasteiger partial charge < -0.3 is 5.73 Å². The lowest BCUT2D eigenvalue weighted by Crippen LogP contribution is -2.67. The summed E-state index contributed by atoms with van der Waals surface area (Å²) in [5, 5.41) is 3.98. The molecule has 0 amide bonds. The summed E-state index contributed by atoms with van der Waals surface area (Å²) in [6.07, 6.45) is 6.03. The largest absolute Gasteiger partial charge is 0.367 e. The minimum atomic E-state index is -0.0406. The Bertz CT molecular complexity index is 194. The summed E-state index contributed by atoms with van der Waals surface area (Å²) in [5.41, 5.74) is 14.5. The fourth-order valence-electron chi connectivity index (χ4n) is 1.80. The number of nitrogens with zero attached hydrogens (tertiary/aromatic N) is 1. The highest BCUT2D eigenvalue weighted by Crippen LogP contribution is 2.25. The third-order valence-electron chi connectivity index (χ3n) is 2.53. The third kappa shape index (κ3) is 1.32. The van der Waals surface area contributed by atoms with Crippen LogP contribution in [0.15, 0.2) is 5.10 Å². The Hall–Kier alpha value is -0.970. The van der Waals surface area contributed by atoms with Crippen molar-refractivity contribution >= 4 is 5.96 Å². The van der Waals surface area contributed by atoms with Crippen LogP contribution < -0.4 is 22.0 Å². The Labute approximate surface area is 71.7 Å². The molecule has 0 aromatic heterocycles. The third-order valence-corrected chi connectivity index (χ3v) is 2.53. The van der Waals surface area contributed by atoms with Gasteiger partial charge in [0, 0.05) is 0 Å². The molecular formula is C7H15N5. The quantitative estimate of drug-likeness (QED) is 0.397. The maximum atomic E-state index is 5.44. The van der Waals surface area contributed by atoms with Crippen molar-refractivity contribution in [2.24, 2.45) is 10.8 Å². The summed E-state index contributed by atoms with van der Waals surface area (Å²) >= 11 is 0. The van der Waals surface area contributed by atoms with Crippen LogP contribution in [-0.4, -0.2) is 11.6 Å². The first kappa shape index (κ1) is 7.67. The minimum absolute atomic E-state index is 0.0406. The van der Waals surface area contributed by atoms with Crippen molar-refractivity contribution in [2.75, 3.05) is 0 Å². The van der Waals surface area contributed by atoms with E-state index in [0.717, 1.165) is 12.8 Å². The lowest BCUT2D eigenvalue weighted by molar-refractivity contribution is 0.161. The number of hydrazine groups is 1. The number of guanidine groups is 1. The minimum Gasteiger partial charge on any atom is -0.367 e. The maximum absolute atomic E-state index is 5.44. The van der Waals surface area contributed by atoms with Crippen LogP contribution in [0.5, 0.6) is 0 Å². The van der Waals surface area contributed by atoms with Crippen molar-refractivity contribution in [1.29, 1.82) is 0 Å². The first-order valence-corrected chi connectivity index (χ1v) is 4.44. The summed E-state index contributed by atoms with van der Waals surface area (Å²) < 4.78 is 0. The molecule has 1 heterocycles. The number of rotatable bonds is 0. The average Bonchev–Trinajstić information content (AvgIpc) is 2.13. The second-order valence-corrected chi connectivity index (χ2v) is 3.50. The second kappa shape index (κ2) is 2.82. The van der Waals surface area contributed by atoms with E-state index in [-0.39, 0.29) is 5.66 Å². The molecule has 0 atom stereocenters. The van der Waals surface area contributed by atoms with Crippen LogP contribution in [0.25, 0.3) is 0 Å². The Kier molecular flexibility index (Phi) is 1.80. The number of nitrogens with two attached hydrogens (primary N) is 1. The topological polar surface area (TPSA) is 74.5 Å². The molecule has 1 saturated carbocycles. The maximum Gasteiger partial charge on any atom is 0.225 e. The molecule has 1 fully saturated rings. The fourth-order valence-corrected chi connectivity index (χ4v) is 1.80. The van der Waals surface area contributed by atoms with Gasteiger partial charge in [0.05, 0.1) is 0 Å². The van der Waals surface area contributed by atoms with Crippen molar-refractivity contribution in [3.8, 4) is 0 Å². The summed E-state index contributed by atoms with van der Waals surface area (Å²) in [4.78, 5) is 0. The number of hydrogen-bond acceptors (Lipinski definition) is 5. The van der Waals surface area contributed by atoms with Crippen molar-refractivity contribution < 1.29 is 0 Å². The molecule has 1 spiro atoms. The fraction of sp³-hybridized carbons (Fsp3) is 0.857. The summed E-state index contributed by atoms with van der Waals surface area (Å²) in [6, 6.07) is 0. The zero-order valence-corrected chi connectivity index (χ0v) is 7.06. The van der Waals surface area contributed by atoms with Crippen LogP contribution >= 0.6 is 0 Å². The molecule has 0 aromatic rings. The van der Waals surface area contributed by atoms with Gasteiger partial charge in [-0.05, 0) is 25.7 Å². The van der Waals surface area contributed by atoms with Gasteiger partial charge in [0.1, 0.15) is 5.66 Å². The molecule has 0 unspecified atom stereocenters. The molecule has 0 aromatic carbocycles. The molecule has 2 rings (SSSR count). The van der Waals surface area contributed by atoms with Gasteiger partial charge in [0.25, 0.3) is 0 Å². The molecule has 5 N–H and O–H groups in total. The van der Waals surface area contributed by atoms with E-state index in [1.807, 2.05) is 0 Å².